The van der Waals surface area contributed by atoms with Gasteiger partial charge >= 0.3 is 0 Å². The van der Waals surface area contributed by atoms with Crippen molar-refractivity contribution in [1.29, 1.82) is 0 Å². The quantitative estimate of drug-likeness (QED) is 0.646. The second-order valence-corrected chi connectivity index (χ2v) is 7.21. The van der Waals surface area contributed by atoms with Crippen molar-refractivity contribution < 1.29 is 14.3 Å². The lowest BCUT2D eigenvalue weighted by atomic mass is 10.1. The fourth-order valence-electron chi connectivity index (χ4n) is 2.76. The summed E-state index contributed by atoms with van der Waals surface area (Å²) in [6.07, 6.45) is 3.56. The van der Waals surface area contributed by atoms with Crippen LogP contribution in [0.5, 0.6) is 5.75 Å². The molecule has 0 unspecified atom stereocenters. The molecule has 144 valence electrons. The third kappa shape index (κ3) is 4.61. The first-order valence-electron chi connectivity index (χ1n) is 8.70. The molecule has 3 aromatic rings. The number of hydrogen-bond donors (Lipinski definition) is 1. The number of ether oxygens (including phenoxy) is 1. The van der Waals surface area contributed by atoms with Crippen LogP contribution in [0, 0.1) is 13.8 Å². The molecule has 0 radical (unpaired) electrons. The van der Waals surface area contributed by atoms with Crippen molar-refractivity contribution in [1.82, 2.24) is 14.9 Å². The molecule has 0 bridgehead atoms. The Bertz CT molecular complexity index is 996. The highest BCUT2D eigenvalue weighted by molar-refractivity contribution is 7.99. The number of amides is 2. The maximum Gasteiger partial charge on any atom is 0.257 e. The summed E-state index contributed by atoms with van der Waals surface area (Å²) in [7, 11) is 1.55. The van der Waals surface area contributed by atoms with E-state index in [-0.39, 0.29) is 11.7 Å². The van der Waals surface area contributed by atoms with E-state index in [4.69, 9.17) is 4.74 Å². The van der Waals surface area contributed by atoms with Gasteiger partial charge in [0.05, 0.1) is 18.6 Å². The molecule has 2 amide bonds. The second kappa shape index (κ2) is 8.75. The van der Waals surface area contributed by atoms with Crippen LogP contribution in [-0.2, 0) is 4.79 Å². The molecule has 0 saturated carbocycles. The number of nitrogens with one attached hydrogen (secondary N) is 1. The van der Waals surface area contributed by atoms with E-state index in [0.29, 0.717) is 16.5 Å². The summed E-state index contributed by atoms with van der Waals surface area (Å²) in [6, 6.07) is 12.7. The van der Waals surface area contributed by atoms with Gasteiger partial charge in [-0.05, 0) is 49.7 Å². The van der Waals surface area contributed by atoms with Crippen molar-refractivity contribution in [3.63, 3.8) is 0 Å². The first-order chi connectivity index (χ1) is 13.5. The number of rotatable bonds is 6. The van der Waals surface area contributed by atoms with Crippen molar-refractivity contribution in [2.24, 2.45) is 0 Å². The van der Waals surface area contributed by atoms with Crippen molar-refractivity contribution in [3.8, 4) is 11.4 Å². The van der Waals surface area contributed by atoms with Gasteiger partial charge in [0.1, 0.15) is 5.75 Å². The van der Waals surface area contributed by atoms with Gasteiger partial charge in [0.2, 0.25) is 5.91 Å². The van der Waals surface area contributed by atoms with E-state index in [1.54, 1.807) is 37.6 Å². The van der Waals surface area contributed by atoms with Crippen molar-refractivity contribution in [3.05, 3.63) is 71.5 Å². The molecule has 7 heteroatoms. The number of carbonyl (C=O) groups excluding carboxylic acids is 2. The number of benzene rings is 2. The zero-order valence-corrected chi connectivity index (χ0v) is 16.7. The highest BCUT2D eigenvalue weighted by atomic mass is 32.2. The van der Waals surface area contributed by atoms with E-state index >= 15 is 0 Å². The molecule has 6 nitrogen and oxygen atoms in total. The van der Waals surface area contributed by atoms with Crippen LogP contribution in [0.2, 0.25) is 0 Å². The molecule has 1 N–H and O–H groups in total. The van der Waals surface area contributed by atoms with E-state index in [2.05, 4.69) is 16.4 Å². The van der Waals surface area contributed by atoms with Gasteiger partial charge in [-0.1, -0.05) is 29.5 Å². The van der Waals surface area contributed by atoms with Crippen LogP contribution >= 0.6 is 11.8 Å². The first kappa shape index (κ1) is 19.7. The molecular weight excluding hydrogens is 374 g/mol. The molecular formula is C21H21N3O3S. The average Bonchev–Trinajstić information content (AvgIpc) is 3.14. The molecule has 1 aromatic heterocycles. The Morgan fingerprint density at radius 1 is 1.14 bits per heavy atom. The molecule has 0 aliphatic rings. The largest absolute Gasteiger partial charge is 0.497 e. The third-order valence-corrected chi connectivity index (χ3v) is 5.12. The fraction of sp³-hybridized carbons (Fsp3) is 0.190. The van der Waals surface area contributed by atoms with Crippen molar-refractivity contribution >= 4 is 23.6 Å². The molecule has 1 heterocycles. The summed E-state index contributed by atoms with van der Waals surface area (Å²) >= 11 is 1.28. The summed E-state index contributed by atoms with van der Waals surface area (Å²) in [4.78, 5) is 28.7. The van der Waals surface area contributed by atoms with Crippen LogP contribution in [0.4, 0.5) is 0 Å². The molecule has 0 atom stereocenters. The summed E-state index contributed by atoms with van der Waals surface area (Å²) in [5, 5.41) is 3.09. The van der Waals surface area contributed by atoms with Gasteiger partial charge < -0.3 is 4.74 Å². The monoisotopic (exact) mass is 395 g/mol. The standard InChI is InChI=1S/C21H21N3O3S/c1-14-4-9-18(15(2)12-14)24-11-10-22-21(24)28-13-19(25)23-20(26)16-5-7-17(27-3)8-6-16/h4-12H,13H2,1-3H3,(H,23,25,26). The molecule has 0 fully saturated rings. The van der Waals surface area contributed by atoms with Gasteiger partial charge in [0.15, 0.2) is 5.16 Å². The van der Waals surface area contributed by atoms with E-state index < -0.39 is 5.91 Å². The number of carbonyl (C=O) groups is 2. The van der Waals surface area contributed by atoms with Crippen LogP contribution in [0.15, 0.2) is 60.0 Å². The number of aromatic nitrogens is 2. The van der Waals surface area contributed by atoms with E-state index in [1.807, 2.05) is 36.7 Å². The third-order valence-electron chi connectivity index (χ3n) is 4.16. The summed E-state index contributed by atoms with van der Waals surface area (Å²) < 4.78 is 7.00. The molecule has 0 aliphatic carbocycles. The van der Waals surface area contributed by atoms with Gasteiger partial charge in [-0.3, -0.25) is 19.5 Å². The zero-order valence-electron chi connectivity index (χ0n) is 15.9. The topological polar surface area (TPSA) is 73.2 Å². The molecule has 0 spiro atoms. The van der Waals surface area contributed by atoms with E-state index in [0.717, 1.165) is 11.3 Å². The van der Waals surface area contributed by atoms with Crippen molar-refractivity contribution in [2.75, 3.05) is 12.9 Å². The number of hydrogen-bond acceptors (Lipinski definition) is 5. The Labute approximate surface area is 167 Å². The Morgan fingerprint density at radius 3 is 2.57 bits per heavy atom. The normalized spacial score (nSPS) is 10.5. The number of nitrogens with zero attached hydrogens (tertiary/aromatic N) is 2. The number of methoxy groups -OCH3 is 1. The predicted octanol–water partition coefficient (Wildman–Crippen LogP) is 3.55. The molecule has 28 heavy (non-hydrogen) atoms. The van der Waals surface area contributed by atoms with Gasteiger partial charge in [0.25, 0.3) is 5.91 Å². The number of thioether (sulfide) groups is 1. The number of imide groups is 1. The number of imidazole rings is 1. The van der Waals surface area contributed by atoms with Crippen LogP contribution in [0.3, 0.4) is 0 Å². The van der Waals surface area contributed by atoms with Gasteiger partial charge in [-0.2, -0.15) is 0 Å². The minimum absolute atomic E-state index is 0.0871. The van der Waals surface area contributed by atoms with Crippen LogP contribution in [-0.4, -0.2) is 34.2 Å². The van der Waals surface area contributed by atoms with Gasteiger partial charge in [0, 0.05) is 18.0 Å². The molecule has 3 rings (SSSR count). The number of aryl methyl sites for hydroxylation is 2. The van der Waals surface area contributed by atoms with Gasteiger partial charge in [-0.15, -0.1) is 0 Å². The highest BCUT2D eigenvalue weighted by Crippen LogP contribution is 2.23. The first-order valence-corrected chi connectivity index (χ1v) is 9.68. The lowest BCUT2D eigenvalue weighted by molar-refractivity contribution is -0.117. The van der Waals surface area contributed by atoms with Crippen LogP contribution in [0.25, 0.3) is 5.69 Å². The lowest BCUT2D eigenvalue weighted by Crippen LogP contribution is -2.31. The Morgan fingerprint density at radius 2 is 1.89 bits per heavy atom. The second-order valence-electron chi connectivity index (χ2n) is 6.26. The zero-order chi connectivity index (χ0) is 20.1. The summed E-state index contributed by atoms with van der Waals surface area (Å²) in [6.45, 7) is 4.08. The Kier molecular flexibility index (Phi) is 6.16. The van der Waals surface area contributed by atoms with Crippen molar-refractivity contribution in [2.45, 2.75) is 19.0 Å². The molecule has 0 aliphatic heterocycles. The predicted molar refractivity (Wildman–Crippen MR) is 109 cm³/mol. The maximum absolute atomic E-state index is 12.2. The maximum atomic E-state index is 12.2. The fourth-order valence-corrected chi connectivity index (χ4v) is 3.53. The highest BCUT2D eigenvalue weighted by Gasteiger charge is 2.14. The van der Waals surface area contributed by atoms with E-state index in [1.165, 1.54) is 17.3 Å². The minimum atomic E-state index is -0.439. The van der Waals surface area contributed by atoms with Crippen LogP contribution < -0.4 is 10.1 Å². The summed E-state index contributed by atoms with van der Waals surface area (Å²) in [5.41, 5.74) is 3.72. The summed E-state index contributed by atoms with van der Waals surface area (Å²) in [5.74, 6) is -0.0762. The lowest BCUT2D eigenvalue weighted by Gasteiger charge is -2.11. The molecule has 0 saturated heterocycles. The van der Waals surface area contributed by atoms with Crippen LogP contribution in [0.1, 0.15) is 21.5 Å². The molecule has 2 aromatic carbocycles. The Balaban J connectivity index is 1.62. The minimum Gasteiger partial charge on any atom is -0.497 e. The average molecular weight is 395 g/mol. The van der Waals surface area contributed by atoms with Gasteiger partial charge in [-0.25, -0.2) is 4.98 Å². The smallest absolute Gasteiger partial charge is 0.257 e. The SMILES string of the molecule is COc1ccc(C(=O)NC(=O)CSc2nccn2-c2ccc(C)cc2C)cc1. The Hall–Kier alpha value is -3.06. The van der Waals surface area contributed by atoms with E-state index in [9.17, 15) is 9.59 Å².